The number of hydrogen-bond donors (Lipinski definition) is 6. The molecule has 0 fully saturated rings. The Bertz CT molecular complexity index is 761. The number of fused-ring (bicyclic) bond motifs is 1. The first-order chi connectivity index (χ1) is 11.8. The molecule has 2 aromatic rings. The molecule has 1 atom stereocenters. The molecule has 0 radical (unpaired) electrons. The molecular formula is C17H19ClN2O5. The van der Waals surface area contributed by atoms with Crippen LogP contribution in [0.2, 0.25) is 5.02 Å². The highest BCUT2D eigenvalue weighted by molar-refractivity contribution is 6.33. The lowest BCUT2D eigenvalue weighted by atomic mass is 9.87. The first kappa shape index (κ1) is 18.7. The number of carboxylic acid groups (broad SMARTS) is 1. The van der Waals surface area contributed by atoms with E-state index in [1.165, 1.54) is 0 Å². The number of hydrogen-bond acceptors (Lipinski definition) is 5. The molecule has 0 saturated carbocycles. The van der Waals surface area contributed by atoms with Crippen LogP contribution in [0.15, 0.2) is 30.3 Å². The van der Waals surface area contributed by atoms with Gasteiger partial charge in [-0.15, -0.1) is 0 Å². The fourth-order valence-electron chi connectivity index (χ4n) is 2.82. The van der Waals surface area contributed by atoms with Crippen molar-refractivity contribution in [2.24, 2.45) is 5.73 Å². The van der Waals surface area contributed by atoms with Gasteiger partial charge in [0.2, 0.25) is 0 Å². The molecule has 1 heterocycles. The van der Waals surface area contributed by atoms with Crippen molar-refractivity contribution >= 4 is 17.7 Å². The maximum Gasteiger partial charge on any atom is 0.402 e. The van der Waals surface area contributed by atoms with Crippen LogP contribution in [-0.4, -0.2) is 39.6 Å². The fourth-order valence-corrected chi connectivity index (χ4v) is 3.12. The normalized spacial score (nSPS) is 16.1. The minimum Gasteiger partial charge on any atom is -0.508 e. The highest BCUT2D eigenvalue weighted by Gasteiger charge is 2.25. The number of benzene rings is 2. The van der Waals surface area contributed by atoms with Crippen LogP contribution < -0.4 is 11.1 Å². The lowest BCUT2D eigenvalue weighted by Crippen LogP contribution is -2.20. The highest BCUT2D eigenvalue weighted by Crippen LogP contribution is 2.42. The van der Waals surface area contributed by atoms with E-state index in [4.69, 9.17) is 21.5 Å². The predicted molar refractivity (Wildman–Crippen MR) is 93.5 cm³/mol. The average molecular weight is 367 g/mol. The van der Waals surface area contributed by atoms with Crippen LogP contribution in [0.25, 0.3) is 0 Å². The third-order valence-corrected chi connectivity index (χ3v) is 4.33. The van der Waals surface area contributed by atoms with Crippen LogP contribution in [0.5, 0.6) is 17.2 Å². The third-order valence-electron chi connectivity index (χ3n) is 3.93. The zero-order chi connectivity index (χ0) is 18.6. The Kier molecular flexibility index (Phi) is 5.95. The number of phenolic OH excluding ortho intramolecular Hbond substituents is 3. The van der Waals surface area contributed by atoms with E-state index < -0.39 is 6.09 Å². The van der Waals surface area contributed by atoms with E-state index in [1.54, 1.807) is 18.2 Å². The van der Waals surface area contributed by atoms with Crippen molar-refractivity contribution in [3.63, 3.8) is 0 Å². The SMILES string of the molecule is NC(=O)O.Oc1ccc(C2CNCCc3c2cc(O)c(O)c3Cl)cc1. The quantitative estimate of drug-likeness (QED) is 0.429. The average Bonchev–Trinajstić information content (AvgIpc) is 2.76. The van der Waals surface area contributed by atoms with Gasteiger partial charge in [-0.2, -0.15) is 0 Å². The molecule has 0 spiro atoms. The summed E-state index contributed by atoms with van der Waals surface area (Å²) in [6.07, 6.45) is -0.642. The minimum absolute atomic E-state index is 0.00657. The summed E-state index contributed by atoms with van der Waals surface area (Å²) < 4.78 is 0. The van der Waals surface area contributed by atoms with Crippen molar-refractivity contribution < 1.29 is 25.2 Å². The van der Waals surface area contributed by atoms with Gasteiger partial charge in [-0.05, 0) is 47.9 Å². The molecule has 0 aromatic heterocycles. The van der Waals surface area contributed by atoms with Crippen molar-refractivity contribution in [2.45, 2.75) is 12.3 Å². The van der Waals surface area contributed by atoms with E-state index in [-0.39, 0.29) is 28.2 Å². The van der Waals surface area contributed by atoms with E-state index in [0.29, 0.717) is 13.0 Å². The minimum atomic E-state index is -1.33. The maximum absolute atomic E-state index is 9.86. The number of carbonyl (C=O) groups is 1. The summed E-state index contributed by atoms with van der Waals surface area (Å²) in [6, 6.07) is 8.58. The molecule has 134 valence electrons. The van der Waals surface area contributed by atoms with Gasteiger partial charge in [-0.25, -0.2) is 4.79 Å². The highest BCUT2D eigenvalue weighted by atomic mass is 35.5. The lowest BCUT2D eigenvalue weighted by molar-refractivity contribution is 0.205. The van der Waals surface area contributed by atoms with Crippen LogP contribution >= 0.6 is 11.6 Å². The number of halogens is 1. The summed E-state index contributed by atoms with van der Waals surface area (Å²) in [5.74, 6) is -0.245. The summed E-state index contributed by atoms with van der Waals surface area (Å²) in [5, 5.41) is 39.8. The Morgan fingerprint density at radius 3 is 2.40 bits per heavy atom. The Morgan fingerprint density at radius 1 is 1.20 bits per heavy atom. The molecule has 1 amide bonds. The van der Waals surface area contributed by atoms with Gasteiger partial charge in [0, 0.05) is 12.5 Å². The summed E-state index contributed by atoms with van der Waals surface area (Å²) >= 11 is 6.19. The largest absolute Gasteiger partial charge is 0.508 e. The van der Waals surface area contributed by atoms with Gasteiger partial charge < -0.3 is 31.5 Å². The molecule has 2 aromatic carbocycles. The van der Waals surface area contributed by atoms with Crippen molar-refractivity contribution in [2.75, 3.05) is 13.1 Å². The van der Waals surface area contributed by atoms with E-state index in [2.05, 4.69) is 11.1 Å². The molecule has 1 aliphatic heterocycles. The smallest absolute Gasteiger partial charge is 0.402 e. The van der Waals surface area contributed by atoms with E-state index >= 15 is 0 Å². The summed E-state index contributed by atoms with van der Waals surface area (Å²) in [4.78, 5) is 8.78. The first-order valence-corrected chi connectivity index (χ1v) is 7.90. The topological polar surface area (TPSA) is 136 Å². The number of phenols is 3. The molecule has 3 rings (SSSR count). The molecule has 7 nitrogen and oxygen atoms in total. The van der Waals surface area contributed by atoms with Gasteiger partial charge in [0.05, 0.1) is 5.02 Å². The fraction of sp³-hybridized carbons (Fsp3) is 0.235. The van der Waals surface area contributed by atoms with Gasteiger partial charge in [-0.3, -0.25) is 0 Å². The number of aromatic hydroxyl groups is 3. The van der Waals surface area contributed by atoms with Gasteiger partial charge in [0.1, 0.15) is 5.75 Å². The van der Waals surface area contributed by atoms with Gasteiger partial charge in [0.15, 0.2) is 11.5 Å². The van der Waals surface area contributed by atoms with Crippen LogP contribution in [0.1, 0.15) is 22.6 Å². The number of nitrogens with two attached hydrogens (primary N) is 1. The Labute approximate surface area is 149 Å². The van der Waals surface area contributed by atoms with Crippen molar-refractivity contribution in [1.82, 2.24) is 5.32 Å². The Balaban J connectivity index is 0.000000511. The second-order valence-electron chi connectivity index (χ2n) is 5.56. The lowest BCUT2D eigenvalue weighted by Gasteiger charge is -2.20. The van der Waals surface area contributed by atoms with Crippen LogP contribution in [-0.2, 0) is 6.42 Å². The molecule has 8 heteroatoms. The molecular weight excluding hydrogens is 348 g/mol. The van der Waals surface area contributed by atoms with Gasteiger partial charge in [-0.1, -0.05) is 23.7 Å². The monoisotopic (exact) mass is 366 g/mol. The maximum atomic E-state index is 9.86. The zero-order valence-electron chi connectivity index (χ0n) is 13.2. The molecule has 0 aliphatic carbocycles. The van der Waals surface area contributed by atoms with E-state index in [1.807, 2.05) is 12.1 Å². The third kappa shape index (κ3) is 4.46. The van der Waals surface area contributed by atoms with Gasteiger partial charge in [0.25, 0.3) is 0 Å². The van der Waals surface area contributed by atoms with Crippen molar-refractivity contribution in [3.8, 4) is 17.2 Å². The van der Waals surface area contributed by atoms with Crippen LogP contribution in [0, 0.1) is 0 Å². The Morgan fingerprint density at radius 2 is 1.80 bits per heavy atom. The molecule has 0 bridgehead atoms. The number of nitrogens with one attached hydrogen (secondary N) is 1. The number of primary amides is 1. The van der Waals surface area contributed by atoms with Crippen molar-refractivity contribution in [3.05, 3.63) is 52.0 Å². The molecule has 1 unspecified atom stereocenters. The Hall–Kier alpha value is -2.64. The second kappa shape index (κ2) is 7.96. The summed E-state index contributed by atoms with van der Waals surface area (Å²) in [6.45, 7) is 1.46. The standard InChI is InChI=1S/C16H16ClNO3.CH3NO2/c17-15-11-5-6-18-8-13(9-1-3-10(19)4-2-9)12(11)7-14(20)16(15)21;2-1(3)4/h1-4,7,13,18-21H,5-6,8H2;2H2,(H,3,4). The summed E-state index contributed by atoms with van der Waals surface area (Å²) in [5.41, 5.74) is 6.81. The van der Waals surface area contributed by atoms with E-state index in [9.17, 15) is 15.3 Å². The van der Waals surface area contributed by atoms with Crippen molar-refractivity contribution in [1.29, 1.82) is 0 Å². The predicted octanol–water partition coefficient (Wildman–Crippen LogP) is 2.36. The zero-order valence-corrected chi connectivity index (χ0v) is 14.0. The van der Waals surface area contributed by atoms with Gasteiger partial charge >= 0.3 is 6.09 Å². The summed E-state index contributed by atoms with van der Waals surface area (Å²) in [7, 11) is 0. The van der Waals surface area contributed by atoms with Crippen LogP contribution in [0.4, 0.5) is 4.79 Å². The van der Waals surface area contributed by atoms with E-state index in [0.717, 1.165) is 23.2 Å². The molecule has 0 saturated heterocycles. The molecule has 25 heavy (non-hydrogen) atoms. The number of amides is 1. The first-order valence-electron chi connectivity index (χ1n) is 7.52. The molecule has 7 N–H and O–H groups in total. The molecule has 1 aliphatic rings. The number of rotatable bonds is 1. The van der Waals surface area contributed by atoms with Crippen LogP contribution in [0.3, 0.4) is 0 Å². The second-order valence-corrected chi connectivity index (χ2v) is 5.94.